The first-order valence-electron chi connectivity index (χ1n) is 15.0. The molecule has 4 atom stereocenters. The highest BCUT2D eigenvalue weighted by molar-refractivity contribution is 6.71. The van der Waals surface area contributed by atoms with Gasteiger partial charge in [-0.2, -0.15) is 0 Å². The average molecular weight is 629 g/mol. The number of H-pyrrole nitrogens is 1. The molecule has 3 aromatic carbocycles. The van der Waals surface area contributed by atoms with Crippen LogP contribution in [0.4, 0.5) is 17.1 Å². The van der Waals surface area contributed by atoms with Crippen LogP contribution in [0.5, 0.6) is 0 Å². The van der Waals surface area contributed by atoms with Crippen LogP contribution in [0.15, 0.2) is 72.9 Å². The Hall–Kier alpha value is -4.36. The van der Waals surface area contributed by atoms with Crippen LogP contribution in [0.2, 0.25) is 18.6 Å². The zero-order chi connectivity index (χ0) is 32.1. The molecule has 0 saturated carbocycles. The van der Waals surface area contributed by atoms with Crippen LogP contribution in [-0.4, -0.2) is 52.7 Å². The molecule has 4 aromatic rings. The molecule has 3 heterocycles. The molecule has 12 heteroatoms. The normalized spacial score (nSPS) is 22.7. The number of nitrogens with zero attached hydrogens (tertiary/aromatic N) is 2. The topological polar surface area (TPSA) is 158 Å². The van der Waals surface area contributed by atoms with Gasteiger partial charge in [-0.15, -0.1) is 0 Å². The van der Waals surface area contributed by atoms with Gasteiger partial charge in [0.05, 0.1) is 29.7 Å². The van der Waals surface area contributed by atoms with Gasteiger partial charge in [0.1, 0.15) is 0 Å². The first-order chi connectivity index (χ1) is 21.4. The van der Waals surface area contributed by atoms with Gasteiger partial charge in [-0.05, 0) is 54.9 Å². The number of amides is 2. The first-order valence-corrected chi connectivity index (χ1v) is 18.0. The number of ether oxygens (including phenoxy) is 1. The Labute approximate surface area is 261 Å². The van der Waals surface area contributed by atoms with Crippen LogP contribution in [0.25, 0.3) is 10.9 Å². The predicted molar refractivity (Wildman–Crippen MR) is 172 cm³/mol. The van der Waals surface area contributed by atoms with Gasteiger partial charge in [-0.1, -0.05) is 37.3 Å². The highest BCUT2D eigenvalue weighted by Gasteiger charge is 2.66. The number of carbonyl (C=O) groups is 2. The van der Waals surface area contributed by atoms with Crippen LogP contribution in [-0.2, 0) is 32.9 Å². The van der Waals surface area contributed by atoms with E-state index in [1.54, 1.807) is 42.3 Å². The quantitative estimate of drug-likeness (QED) is 0.116. The Morgan fingerprint density at radius 3 is 2.67 bits per heavy atom. The molecule has 2 aliphatic rings. The van der Waals surface area contributed by atoms with Crippen LogP contribution >= 0.6 is 0 Å². The fourth-order valence-corrected chi connectivity index (χ4v) is 9.92. The summed E-state index contributed by atoms with van der Waals surface area (Å²) < 4.78 is 6.54. The predicted octanol–water partition coefficient (Wildman–Crippen LogP) is 4.98. The zero-order valence-electron chi connectivity index (χ0n) is 25.3. The summed E-state index contributed by atoms with van der Waals surface area (Å²) in [5.41, 5.74) is 1.93. The maximum atomic E-state index is 14.5. The van der Waals surface area contributed by atoms with Crippen molar-refractivity contribution < 1.29 is 29.2 Å². The lowest BCUT2D eigenvalue weighted by molar-refractivity contribution is -0.385. The number of fused-ring (bicyclic) bond motifs is 3. The molecular weight excluding hydrogens is 592 g/mol. The summed E-state index contributed by atoms with van der Waals surface area (Å²) in [6.07, 6.45) is 1.65. The highest BCUT2D eigenvalue weighted by Crippen LogP contribution is 2.60. The first kappa shape index (κ1) is 30.7. The molecule has 4 N–H and O–H groups in total. The number of carbonyl (C=O) groups excluding carboxylic acids is 2. The molecular formula is C33H36N4O7Si. The summed E-state index contributed by atoms with van der Waals surface area (Å²) in [5.74, 6) is -1.06. The van der Waals surface area contributed by atoms with E-state index in [-0.39, 0.29) is 43.5 Å². The van der Waals surface area contributed by atoms with E-state index >= 15 is 0 Å². The summed E-state index contributed by atoms with van der Waals surface area (Å²) in [4.78, 5) is 54.7. The maximum absolute atomic E-state index is 14.5. The second-order valence-corrected chi connectivity index (χ2v) is 16.5. The zero-order valence-corrected chi connectivity index (χ0v) is 26.3. The standard InChI is InChI=1S/C33H36N4O7Si/c1-20-31(45(2,3)43)29(13-14-38)44-33(20)26-17-24(37(41)42)11-12-28(26)36(32(33)40)19-21-7-6-8-23(15-21)35-30(39)16-22-18-34-27-10-5-4-9-25(22)27/h4-12,15,17-18,20,29,31,34,38,43H,13-14,16,19H2,1-3H3,(H,35,39)/t20-,29+,31-,33+/m0/s1. The number of hydrogen-bond acceptors (Lipinski definition) is 7. The number of para-hydroxylation sites is 1. The van der Waals surface area contributed by atoms with Crippen LogP contribution < -0.4 is 10.2 Å². The van der Waals surface area contributed by atoms with Gasteiger partial charge in [0.2, 0.25) is 5.91 Å². The van der Waals surface area contributed by atoms with Crippen molar-refractivity contribution in [3.8, 4) is 0 Å². The minimum Gasteiger partial charge on any atom is -0.432 e. The number of nitro benzene ring substituents is 1. The number of nitro groups is 1. The van der Waals surface area contributed by atoms with Crippen molar-refractivity contribution in [3.63, 3.8) is 0 Å². The van der Waals surface area contributed by atoms with Crippen molar-refractivity contribution in [2.45, 2.75) is 56.7 Å². The molecule has 0 aliphatic carbocycles. The molecule has 6 rings (SSSR count). The number of hydrogen-bond donors (Lipinski definition) is 4. The van der Waals surface area contributed by atoms with Crippen molar-refractivity contribution in [3.05, 3.63) is 99.7 Å². The largest absolute Gasteiger partial charge is 0.432 e. The van der Waals surface area contributed by atoms with E-state index in [0.717, 1.165) is 22.0 Å². The van der Waals surface area contributed by atoms with E-state index in [2.05, 4.69) is 10.3 Å². The Kier molecular flexibility index (Phi) is 7.85. The smallest absolute Gasteiger partial charge is 0.269 e. The molecule has 1 spiro atoms. The third kappa shape index (κ3) is 5.33. The van der Waals surface area contributed by atoms with Gasteiger partial charge in [-0.3, -0.25) is 19.7 Å². The number of rotatable bonds is 9. The fourth-order valence-electron chi connectivity index (χ4n) is 7.32. The lowest BCUT2D eigenvalue weighted by Gasteiger charge is -2.32. The minimum absolute atomic E-state index is 0.128. The summed E-state index contributed by atoms with van der Waals surface area (Å²) in [6.45, 7) is 5.35. The van der Waals surface area contributed by atoms with Crippen molar-refractivity contribution >= 4 is 48.1 Å². The van der Waals surface area contributed by atoms with E-state index in [0.29, 0.717) is 16.9 Å². The summed E-state index contributed by atoms with van der Waals surface area (Å²) in [7, 11) is -2.91. The number of nitrogens with one attached hydrogen (secondary N) is 2. The van der Waals surface area contributed by atoms with Gasteiger partial charge in [0.15, 0.2) is 13.9 Å². The Morgan fingerprint density at radius 2 is 1.93 bits per heavy atom. The summed E-state index contributed by atoms with van der Waals surface area (Å²) in [5, 5.41) is 25.5. The van der Waals surface area contributed by atoms with Crippen molar-refractivity contribution in [1.82, 2.24) is 4.98 Å². The number of aromatic amines is 1. The van der Waals surface area contributed by atoms with E-state index in [1.807, 2.05) is 43.5 Å². The van der Waals surface area contributed by atoms with Gasteiger partial charge in [-0.25, -0.2) is 0 Å². The van der Waals surface area contributed by atoms with Gasteiger partial charge in [0.25, 0.3) is 11.6 Å². The maximum Gasteiger partial charge on any atom is 0.269 e. The molecule has 2 aliphatic heterocycles. The van der Waals surface area contributed by atoms with E-state index in [1.165, 1.54) is 12.1 Å². The number of anilines is 2. The van der Waals surface area contributed by atoms with E-state index < -0.39 is 36.4 Å². The molecule has 0 unspecified atom stereocenters. The van der Waals surface area contributed by atoms with Crippen molar-refractivity contribution in [1.29, 1.82) is 0 Å². The molecule has 0 bridgehead atoms. The fraction of sp³-hybridized carbons (Fsp3) is 0.333. The molecule has 1 saturated heterocycles. The van der Waals surface area contributed by atoms with Crippen LogP contribution in [0.3, 0.4) is 0 Å². The third-order valence-corrected chi connectivity index (χ3v) is 11.7. The molecule has 0 radical (unpaired) electrons. The van der Waals surface area contributed by atoms with Crippen molar-refractivity contribution in [2.75, 3.05) is 16.8 Å². The molecule has 2 amide bonds. The SMILES string of the molecule is C[C@H]1[C@H]([Si](C)(C)O)[C@@H](CCO)O[C@]12C(=O)N(Cc1cccc(NC(=O)Cc3c[nH]c4ccccc34)c1)c1ccc([N+](=O)[O-])cc12. The lowest BCUT2D eigenvalue weighted by atomic mass is 9.82. The van der Waals surface area contributed by atoms with E-state index in [9.17, 15) is 29.6 Å². The van der Waals surface area contributed by atoms with Crippen LogP contribution in [0.1, 0.15) is 30.0 Å². The lowest BCUT2D eigenvalue weighted by Crippen LogP contribution is -2.46. The second kappa shape index (κ2) is 11.5. The second-order valence-electron chi connectivity index (χ2n) is 12.5. The summed E-state index contributed by atoms with van der Waals surface area (Å²) in [6, 6.07) is 19.3. The molecule has 1 aromatic heterocycles. The Morgan fingerprint density at radius 1 is 1.16 bits per heavy atom. The molecule has 45 heavy (non-hydrogen) atoms. The number of non-ortho nitro benzene ring substituents is 1. The Bertz CT molecular complexity index is 1800. The minimum atomic E-state index is -2.91. The molecule has 234 valence electrons. The Balaban J connectivity index is 1.30. The van der Waals surface area contributed by atoms with Gasteiger partial charge < -0.3 is 29.8 Å². The van der Waals surface area contributed by atoms with Crippen LogP contribution in [0, 0.1) is 16.0 Å². The average Bonchev–Trinajstić information content (AvgIpc) is 3.60. The molecule has 1 fully saturated rings. The summed E-state index contributed by atoms with van der Waals surface area (Å²) >= 11 is 0. The third-order valence-electron chi connectivity index (χ3n) is 9.17. The number of benzene rings is 3. The highest BCUT2D eigenvalue weighted by atomic mass is 28.4. The number of aromatic nitrogens is 1. The molecule has 11 nitrogen and oxygen atoms in total. The number of aliphatic hydroxyl groups is 1. The van der Waals surface area contributed by atoms with Gasteiger partial charge >= 0.3 is 0 Å². The van der Waals surface area contributed by atoms with E-state index in [4.69, 9.17) is 4.74 Å². The number of aliphatic hydroxyl groups excluding tert-OH is 1. The monoisotopic (exact) mass is 628 g/mol. The van der Waals surface area contributed by atoms with Gasteiger partial charge in [0, 0.05) is 58.5 Å². The van der Waals surface area contributed by atoms with Crippen molar-refractivity contribution in [2.24, 2.45) is 5.92 Å².